The van der Waals surface area contributed by atoms with Crippen molar-refractivity contribution in [3.05, 3.63) is 12.2 Å². The monoisotopic (exact) mass is 224 g/mol. The molecule has 2 aliphatic rings. The molecule has 0 spiro atoms. The van der Waals surface area contributed by atoms with Crippen molar-refractivity contribution in [1.29, 1.82) is 0 Å². The summed E-state index contributed by atoms with van der Waals surface area (Å²) in [7, 11) is 0. The second-order valence-electron chi connectivity index (χ2n) is 5.18. The van der Waals surface area contributed by atoms with E-state index in [-0.39, 0.29) is 18.3 Å². The van der Waals surface area contributed by atoms with E-state index in [9.17, 15) is 14.7 Å². The summed E-state index contributed by atoms with van der Waals surface area (Å²) in [6.45, 7) is 1.57. The topological polar surface area (TPSA) is 74.6 Å². The molecule has 0 aromatic rings. The molecule has 0 radical (unpaired) electrons. The van der Waals surface area contributed by atoms with Gasteiger partial charge in [0.25, 0.3) is 0 Å². The number of carbonyl (C=O) groups is 2. The van der Waals surface area contributed by atoms with Crippen LogP contribution in [0.4, 0.5) is 0 Å². The van der Waals surface area contributed by atoms with Gasteiger partial charge in [0.2, 0.25) is 0 Å². The molecule has 4 atom stereocenters. The number of fused-ring (bicyclic) bond motifs is 2. The predicted molar refractivity (Wildman–Crippen MR) is 56.8 cm³/mol. The summed E-state index contributed by atoms with van der Waals surface area (Å²) in [5, 5.41) is 18.1. The zero-order chi connectivity index (χ0) is 11.9. The maximum absolute atomic E-state index is 11.3. The van der Waals surface area contributed by atoms with E-state index in [1.807, 2.05) is 0 Å². The fraction of sp³-hybridized carbons (Fsp3) is 0.667. The Morgan fingerprint density at radius 2 is 2.00 bits per heavy atom. The van der Waals surface area contributed by atoms with Crippen LogP contribution in [-0.2, 0) is 9.59 Å². The number of aliphatic carboxylic acids is 2. The lowest BCUT2D eigenvalue weighted by molar-refractivity contribution is -0.159. The molecule has 0 aliphatic heterocycles. The lowest BCUT2D eigenvalue weighted by atomic mass is 9.69. The van der Waals surface area contributed by atoms with Gasteiger partial charge in [-0.05, 0) is 37.5 Å². The van der Waals surface area contributed by atoms with E-state index in [1.165, 1.54) is 0 Å². The maximum atomic E-state index is 11.3. The van der Waals surface area contributed by atoms with E-state index < -0.39 is 17.4 Å². The number of carboxylic acids is 2. The molecule has 2 rings (SSSR count). The van der Waals surface area contributed by atoms with E-state index in [4.69, 9.17) is 5.11 Å². The number of rotatable bonds is 4. The highest BCUT2D eigenvalue weighted by Crippen LogP contribution is 2.52. The van der Waals surface area contributed by atoms with Gasteiger partial charge in [-0.25, -0.2) is 0 Å². The average Bonchev–Trinajstić information content (AvgIpc) is 2.76. The number of allylic oxidation sites excluding steroid dienone is 2. The molecule has 4 unspecified atom stereocenters. The van der Waals surface area contributed by atoms with Gasteiger partial charge < -0.3 is 10.2 Å². The van der Waals surface area contributed by atoms with Crippen molar-refractivity contribution in [2.45, 2.75) is 26.2 Å². The van der Waals surface area contributed by atoms with Crippen LogP contribution in [0, 0.1) is 23.2 Å². The van der Waals surface area contributed by atoms with Gasteiger partial charge in [0.1, 0.15) is 0 Å². The normalized spacial score (nSPS) is 34.9. The van der Waals surface area contributed by atoms with E-state index >= 15 is 0 Å². The van der Waals surface area contributed by atoms with Crippen LogP contribution in [0.3, 0.4) is 0 Å². The molecular weight excluding hydrogens is 208 g/mol. The Labute approximate surface area is 94.0 Å². The van der Waals surface area contributed by atoms with E-state index in [0.29, 0.717) is 5.92 Å². The molecule has 16 heavy (non-hydrogen) atoms. The van der Waals surface area contributed by atoms with Crippen LogP contribution in [0.25, 0.3) is 0 Å². The smallest absolute Gasteiger partial charge is 0.310 e. The minimum absolute atomic E-state index is 0.0314. The number of hydrogen-bond acceptors (Lipinski definition) is 2. The molecule has 2 aliphatic carbocycles. The zero-order valence-electron chi connectivity index (χ0n) is 9.22. The average molecular weight is 224 g/mol. The summed E-state index contributed by atoms with van der Waals surface area (Å²) in [4.78, 5) is 22.1. The highest BCUT2D eigenvalue weighted by Gasteiger charge is 2.51. The predicted octanol–water partition coefficient (Wildman–Crippen LogP) is 1.76. The summed E-state index contributed by atoms with van der Waals surface area (Å²) in [5.74, 6) is -1.33. The Balaban J connectivity index is 2.23. The fourth-order valence-electron chi connectivity index (χ4n) is 3.19. The van der Waals surface area contributed by atoms with Crippen molar-refractivity contribution < 1.29 is 19.8 Å². The summed E-state index contributed by atoms with van der Waals surface area (Å²) < 4.78 is 0. The Morgan fingerprint density at radius 1 is 1.31 bits per heavy atom. The molecule has 0 aromatic carbocycles. The third-order valence-corrected chi connectivity index (χ3v) is 4.10. The van der Waals surface area contributed by atoms with Crippen LogP contribution in [0.15, 0.2) is 12.2 Å². The molecule has 1 saturated carbocycles. The van der Waals surface area contributed by atoms with Gasteiger partial charge in [0.15, 0.2) is 0 Å². The minimum atomic E-state index is -1.13. The van der Waals surface area contributed by atoms with Gasteiger partial charge in [0, 0.05) is 0 Å². The van der Waals surface area contributed by atoms with Crippen LogP contribution in [0.1, 0.15) is 26.2 Å². The first-order valence-electron chi connectivity index (χ1n) is 5.57. The molecule has 0 saturated heterocycles. The molecule has 0 aromatic heterocycles. The highest BCUT2D eigenvalue weighted by atomic mass is 16.4. The van der Waals surface area contributed by atoms with Crippen molar-refractivity contribution in [2.75, 3.05) is 0 Å². The molecule has 88 valence electrons. The van der Waals surface area contributed by atoms with Crippen molar-refractivity contribution in [1.82, 2.24) is 0 Å². The van der Waals surface area contributed by atoms with Crippen LogP contribution < -0.4 is 0 Å². The van der Waals surface area contributed by atoms with Crippen LogP contribution >= 0.6 is 0 Å². The quantitative estimate of drug-likeness (QED) is 0.713. The largest absolute Gasteiger partial charge is 0.481 e. The molecule has 4 nitrogen and oxygen atoms in total. The molecule has 4 heteroatoms. The first-order valence-corrected chi connectivity index (χ1v) is 5.57. The Hall–Kier alpha value is -1.32. The van der Waals surface area contributed by atoms with Crippen molar-refractivity contribution in [3.63, 3.8) is 0 Å². The molecular formula is C12H16O4. The van der Waals surface area contributed by atoms with E-state index in [0.717, 1.165) is 12.8 Å². The third-order valence-electron chi connectivity index (χ3n) is 4.10. The van der Waals surface area contributed by atoms with Crippen molar-refractivity contribution in [2.24, 2.45) is 23.2 Å². The maximum Gasteiger partial charge on any atom is 0.310 e. The second-order valence-corrected chi connectivity index (χ2v) is 5.18. The van der Waals surface area contributed by atoms with Crippen molar-refractivity contribution in [3.8, 4) is 0 Å². The van der Waals surface area contributed by atoms with Crippen LogP contribution in [0.2, 0.25) is 0 Å². The van der Waals surface area contributed by atoms with Gasteiger partial charge in [-0.3, -0.25) is 9.59 Å². The number of carboxylic acid groups (broad SMARTS) is 2. The standard InChI is InChI=1S/C12H16O4/c1-12(11(15)16,6-10(13)14)9-5-7-2-3-8(9)4-7/h2-3,7-9H,4-6H2,1H3,(H,13,14)(H,15,16). The number of hydrogen-bond donors (Lipinski definition) is 2. The Kier molecular flexibility index (Phi) is 2.52. The summed E-state index contributed by atoms with van der Waals surface area (Å²) in [6.07, 6.45) is 5.71. The lowest BCUT2D eigenvalue weighted by Gasteiger charge is -2.34. The summed E-state index contributed by atoms with van der Waals surface area (Å²) in [6, 6.07) is 0. The molecule has 2 bridgehead atoms. The summed E-state index contributed by atoms with van der Waals surface area (Å²) in [5.41, 5.74) is -1.13. The van der Waals surface area contributed by atoms with Crippen LogP contribution in [0.5, 0.6) is 0 Å². The third kappa shape index (κ3) is 1.62. The first kappa shape index (κ1) is 11.2. The molecule has 0 amide bonds. The Morgan fingerprint density at radius 3 is 2.38 bits per heavy atom. The lowest BCUT2D eigenvalue weighted by Crippen LogP contribution is -2.39. The second kappa shape index (κ2) is 3.61. The molecule has 2 N–H and O–H groups in total. The Bertz CT molecular complexity index is 360. The fourth-order valence-corrected chi connectivity index (χ4v) is 3.19. The summed E-state index contributed by atoms with van der Waals surface area (Å²) >= 11 is 0. The molecule has 1 fully saturated rings. The van der Waals surface area contributed by atoms with Gasteiger partial charge in [-0.1, -0.05) is 12.2 Å². The van der Waals surface area contributed by atoms with Gasteiger partial charge in [-0.15, -0.1) is 0 Å². The SMILES string of the molecule is CC(CC(=O)O)(C(=O)O)C1CC2C=CC1C2. The van der Waals surface area contributed by atoms with E-state index in [1.54, 1.807) is 6.92 Å². The van der Waals surface area contributed by atoms with Gasteiger partial charge in [-0.2, -0.15) is 0 Å². The zero-order valence-corrected chi connectivity index (χ0v) is 9.22. The van der Waals surface area contributed by atoms with Crippen LogP contribution in [-0.4, -0.2) is 22.2 Å². The first-order chi connectivity index (χ1) is 7.43. The highest BCUT2D eigenvalue weighted by molar-refractivity contribution is 5.81. The van der Waals surface area contributed by atoms with Gasteiger partial charge >= 0.3 is 11.9 Å². The van der Waals surface area contributed by atoms with Crippen molar-refractivity contribution >= 4 is 11.9 Å². The van der Waals surface area contributed by atoms with E-state index in [2.05, 4.69) is 12.2 Å². The minimum Gasteiger partial charge on any atom is -0.481 e. The molecule has 0 heterocycles. The van der Waals surface area contributed by atoms with Gasteiger partial charge in [0.05, 0.1) is 11.8 Å².